The maximum Gasteiger partial charge on any atom is 0.339 e. The molecule has 8 heteroatoms. The molecule has 0 unspecified atom stereocenters. The minimum Gasteiger partial charge on any atom is -0.497 e. The first kappa shape index (κ1) is 19.9. The van der Waals surface area contributed by atoms with Gasteiger partial charge in [-0.1, -0.05) is 17.3 Å². The second-order valence-corrected chi connectivity index (χ2v) is 7.43. The first-order valence-corrected chi connectivity index (χ1v) is 9.84. The molecule has 2 heterocycles. The number of hydrogen-bond donors (Lipinski definition) is 1. The molecule has 30 heavy (non-hydrogen) atoms. The molecule has 0 bridgehead atoms. The lowest BCUT2D eigenvalue weighted by Crippen LogP contribution is -2.35. The highest BCUT2D eigenvalue weighted by atomic mass is 16.5. The van der Waals surface area contributed by atoms with E-state index in [0.29, 0.717) is 34.8 Å². The summed E-state index contributed by atoms with van der Waals surface area (Å²) in [6.07, 6.45) is 1.11. The number of ether oxygens (including phenoxy) is 2. The molecule has 4 rings (SSSR count). The number of nitrogens with zero attached hydrogens (tertiary/aromatic N) is 2. The molecule has 8 nitrogen and oxygen atoms in total. The zero-order valence-electron chi connectivity index (χ0n) is 17.1. The van der Waals surface area contributed by atoms with Crippen LogP contribution in [-0.4, -0.2) is 35.2 Å². The molecule has 1 aromatic carbocycles. The zero-order valence-corrected chi connectivity index (χ0v) is 17.1. The number of carbonyl (C=O) groups is 2. The van der Waals surface area contributed by atoms with Crippen LogP contribution >= 0.6 is 0 Å². The molecule has 1 aliphatic carbocycles. The second-order valence-electron chi connectivity index (χ2n) is 7.43. The number of pyridine rings is 1. The molecule has 0 radical (unpaired) electrons. The van der Waals surface area contributed by atoms with Crippen LogP contribution in [0.15, 0.2) is 34.9 Å². The van der Waals surface area contributed by atoms with Crippen molar-refractivity contribution in [2.24, 2.45) is 0 Å². The largest absolute Gasteiger partial charge is 0.497 e. The summed E-state index contributed by atoms with van der Waals surface area (Å²) >= 11 is 0. The van der Waals surface area contributed by atoms with E-state index in [1.807, 2.05) is 24.3 Å². The third-order valence-electron chi connectivity index (χ3n) is 5.13. The molecule has 0 saturated heterocycles. The van der Waals surface area contributed by atoms with Gasteiger partial charge in [0.05, 0.1) is 23.8 Å². The number of fused-ring (bicyclic) bond motifs is 1. The Morgan fingerprint density at radius 3 is 2.67 bits per heavy atom. The predicted molar refractivity (Wildman–Crippen MR) is 108 cm³/mol. The van der Waals surface area contributed by atoms with E-state index in [0.717, 1.165) is 29.8 Å². The first-order chi connectivity index (χ1) is 14.5. The van der Waals surface area contributed by atoms with Crippen molar-refractivity contribution in [3.05, 3.63) is 52.8 Å². The van der Waals surface area contributed by atoms with E-state index in [-0.39, 0.29) is 5.91 Å². The van der Waals surface area contributed by atoms with Crippen molar-refractivity contribution in [2.45, 2.75) is 45.3 Å². The number of aromatic nitrogens is 2. The first-order valence-electron chi connectivity index (χ1n) is 9.84. The fourth-order valence-electron chi connectivity index (χ4n) is 3.22. The Labute approximate surface area is 173 Å². The number of aryl methyl sites for hydroxylation is 1. The molecule has 0 spiro atoms. The predicted octanol–water partition coefficient (Wildman–Crippen LogP) is 3.28. The fraction of sp³-hybridized carbons (Fsp3) is 0.364. The molecule has 1 N–H and O–H groups in total. The van der Waals surface area contributed by atoms with Crippen molar-refractivity contribution in [3.8, 4) is 5.75 Å². The quantitative estimate of drug-likeness (QED) is 0.597. The van der Waals surface area contributed by atoms with Gasteiger partial charge in [0, 0.05) is 18.2 Å². The van der Waals surface area contributed by atoms with Gasteiger partial charge in [-0.3, -0.25) is 4.79 Å². The normalized spacial score (nSPS) is 14.4. The van der Waals surface area contributed by atoms with Crippen LogP contribution in [0.2, 0.25) is 0 Å². The minimum atomic E-state index is -0.955. The van der Waals surface area contributed by atoms with E-state index in [9.17, 15) is 9.59 Å². The van der Waals surface area contributed by atoms with Crippen LogP contribution in [0.25, 0.3) is 11.1 Å². The van der Waals surface area contributed by atoms with Crippen LogP contribution in [0.5, 0.6) is 5.75 Å². The molecule has 0 aliphatic heterocycles. The summed E-state index contributed by atoms with van der Waals surface area (Å²) < 4.78 is 15.8. The maximum atomic E-state index is 12.9. The number of rotatable bonds is 7. The van der Waals surface area contributed by atoms with Crippen LogP contribution in [0.3, 0.4) is 0 Å². The van der Waals surface area contributed by atoms with Crippen LogP contribution in [-0.2, 0) is 16.1 Å². The molecular formula is C22H23N3O5. The number of nitrogens with one attached hydrogen (secondary N) is 1. The highest BCUT2D eigenvalue weighted by molar-refractivity contribution is 6.04. The summed E-state index contributed by atoms with van der Waals surface area (Å²) in [6, 6.07) is 9.08. The Bertz CT molecular complexity index is 1090. The Kier molecular flexibility index (Phi) is 5.39. The summed E-state index contributed by atoms with van der Waals surface area (Å²) in [7, 11) is 1.60. The Morgan fingerprint density at radius 1 is 1.27 bits per heavy atom. The number of amides is 1. The van der Waals surface area contributed by atoms with Crippen molar-refractivity contribution in [1.29, 1.82) is 0 Å². The van der Waals surface area contributed by atoms with Crippen molar-refractivity contribution < 1.29 is 23.6 Å². The average Bonchev–Trinajstić information content (AvgIpc) is 3.55. The minimum absolute atomic E-state index is 0.320. The van der Waals surface area contributed by atoms with E-state index in [4.69, 9.17) is 14.0 Å². The molecule has 156 valence electrons. The molecular weight excluding hydrogens is 386 g/mol. The number of methoxy groups -OCH3 is 1. The van der Waals surface area contributed by atoms with Crippen LogP contribution < -0.4 is 10.1 Å². The van der Waals surface area contributed by atoms with E-state index in [2.05, 4.69) is 15.5 Å². The Morgan fingerprint density at radius 2 is 2.00 bits per heavy atom. The van der Waals surface area contributed by atoms with Crippen molar-refractivity contribution in [2.75, 3.05) is 7.11 Å². The lowest BCUT2D eigenvalue weighted by Gasteiger charge is -2.14. The number of hydrogen-bond acceptors (Lipinski definition) is 7. The molecule has 1 aliphatic rings. The van der Waals surface area contributed by atoms with Gasteiger partial charge < -0.3 is 19.3 Å². The van der Waals surface area contributed by atoms with Gasteiger partial charge in [-0.15, -0.1) is 0 Å². The van der Waals surface area contributed by atoms with Gasteiger partial charge in [0.25, 0.3) is 11.6 Å². The highest BCUT2D eigenvalue weighted by Gasteiger charge is 2.30. The van der Waals surface area contributed by atoms with E-state index < -0.39 is 12.1 Å². The monoisotopic (exact) mass is 409 g/mol. The summed E-state index contributed by atoms with van der Waals surface area (Å²) in [4.78, 5) is 29.7. The van der Waals surface area contributed by atoms with E-state index in [1.54, 1.807) is 27.0 Å². The average molecular weight is 409 g/mol. The van der Waals surface area contributed by atoms with Gasteiger partial charge >= 0.3 is 5.97 Å². The summed E-state index contributed by atoms with van der Waals surface area (Å²) in [6.45, 7) is 3.61. The fourth-order valence-corrected chi connectivity index (χ4v) is 3.22. The van der Waals surface area contributed by atoms with Gasteiger partial charge in [0.2, 0.25) is 0 Å². The number of esters is 1. The molecule has 1 saturated carbocycles. The standard InChI is InChI=1S/C22H23N3O5/c1-12-19-17(10-18(15-6-7-15)24-21(19)30-25-12)22(27)29-13(2)20(26)23-11-14-4-8-16(28-3)9-5-14/h4-5,8-10,13,15H,6-7,11H2,1-3H3,(H,23,26)/t13-/m0/s1. The molecule has 1 atom stereocenters. The third-order valence-corrected chi connectivity index (χ3v) is 5.13. The highest BCUT2D eigenvalue weighted by Crippen LogP contribution is 2.40. The van der Waals surface area contributed by atoms with E-state index in [1.165, 1.54) is 0 Å². The Balaban J connectivity index is 1.43. The van der Waals surface area contributed by atoms with Crippen molar-refractivity contribution >= 4 is 23.0 Å². The number of benzene rings is 1. The third kappa shape index (κ3) is 4.12. The van der Waals surface area contributed by atoms with E-state index >= 15 is 0 Å². The van der Waals surface area contributed by atoms with Gasteiger partial charge in [0.1, 0.15) is 5.75 Å². The Hall–Kier alpha value is -3.42. The maximum absolute atomic E-state index is 12.9. The lowest BCUT2D eigenvalue weighted by molar-refractivity contribution is -0.129. The van der Waals surface area contributed by atoms with Gasteiger partial charge in [-0.05, 0) is 50.5 Å². The SMILES string of the molecule is COc1ccc(CNC(=O)[C@H](C)OC(=O)c2cc(C3CC3)nc3onc(C)c23)cc1. The van der Waals surface area contributed by atoms with Crippen molar-refractivity contribution in [3.63, 3.8) is 0 Å². The molecule has 1 amide bonds. The summed E-state index contributed by atoms with van der Waals surface area (Å²) in [5, 5.41) is 7.22. The second kappa shape index (κ2) is 8.14. The number of carbonyl (C=O) groups excluding carboxylic acids is 2. The molecule has 1 fully saturated rings. The molecule has 3 aromatic rings. The molecule has 2 aromatic heterocycles. The van der Waals surface area contributed by atoms with Gasteiger partial charge in [-0.2, -0.15) is 0 Å². The van der Waals surface area contributed by atoms with Gasteiger partial charge in [0.15, 0.2) is 6.10 Å². The lowest BCUT2D eigenvalue weighted by atomic mass is 10.1. The van der Waals surface area contributed by atoms with Crippen molar-refractivity contribution in [1.82, 2.24) is 15.5 Å². The van der Waals surface area contributed by atoms with Crippen LogP contribution in [0.1, 0.15) is 53.0 Å². The zero-order chi connectivity index (χ0) is 21.3. The summed E-state index contributed by atoms with van der Waals surface area (Å²) in [5.74, 6) is 0.0961. The smallest absolute Gasteiger partial charge is 0.339 e. The summed E-state index contributed by atoms with van der Waals surface area (Å²) in [5.41, 5.74) is 2.91. The topological polar surface area (TPSA) is 104 Å². The van der Waals surface area contributed by atoms with Gasteiger partial charge in [-0.25, -0.2) is 9.78 Å². The van der Waals surface area contributed by atoms with Crippen LogP contribution in [0, 0.1) is 6.92 Å². The van der Waals surface area contributed by atoms with Crippen LogP contribution in [0.4, 0.5) is 0 Å².